The number of rotatable bonds is 9. The number of furan rings is 1. The van der Waals surface area contributed by atoms with E-state index in [1.807, 2.05) is 54.6 Å². The van der Waals surface area contributed by atoms with Gasteiger partial charge in [-0.05, 0) is 35.9 Å². The van der Waals surface area contributed by atoms with Crippen LogP contribution in [-0.4, -0.2) is 30.4 Å². The molecule has 0 aliphatic rings. The minimum Gasteiger partial charge on any atom is -0.492 e. The maximum Gasteiger partial charge on any atom is 0.176 e. The van der Waals surface area contributed by atoms with Crippen LogP contribution in [0.4, 0.5) is 5.69 Å². The highest BCUT2D eigenvalue weighted by Gasteiger charge is 2.14. The lowest BCUT2D eigenvalue weighted by atomic mass is 10.1. The Balaban J connectivity index is 1.27. The zero-order valence-electron chi connectivity index (χ0n) is 18.8. The molecule has 34 heavy (non-hydrogen) atoms. The number of carbonyl (C=O) groups excluding carboxylic acids is 1. The van der Waals surface area contributed by atoms with Crippen molar-refractivity contribution in [3.05, 3.63) is 108 Å². The Bertz CT molecular complexity index is 1430. The van der Waals surface area contributed by atoms with Gasteiger partial charge in [0, 0.05) is 41.2 Å². The lowest BCUT2D eigenvalue weighted by molar-refractivity contribution is 0.0912. The molecule has 1 heterocycles. The van der Waals surface area contributed by atoms with Crippen LogP contribution in [-0.2, 0) is 6.54 Å². The molecular weight excluding hydrogens is 424 g/mol. The molecule has 5 rings (SSSR count). The van der Waals surface area contributed by atoms with Gasteiger partial charge in [0.1, 0.15) is 23.5 Å². The molecular formula is C29H26N2O3. The molecule has 4 aromatic carbocycles. The third-order valence-electron chi connectivity index (χ3n) is 5.85. The van der Waals surface area contributed by atoms with Gasteiger partial charge in [0.05, 0.1) is 6.54 Å². The van der Waals surface area contributed by atoms with E-state index in [4.69, 9.17) is 14.9 Å². The third-order valence-corrected chi connectivity index (χ3v) is 5.85. The smallest absolute Gasteiger partial charge is 0.176 e. The lowest BCUT2D eigenvalue weighted by Gasteiger charge is -2.22. The second-order valence-corrected chi connectivity index (χ2v) is 8.35. The summed E-state index contributed by atoms with van der Waals surface area (Å²) >= 11 is 0. The molecule has 5 aromatic rings. The highest BCUT2D eigenvalue weighted by atomic mass is 16.5. The number of nitrogen functional groups attached to an aromatic ring is 1. The largest absolute Gasteiger partial charge is 0.492 e. The molecule has 0 atom stereocenters. The minimum atomic E-state index is 0.0342. The van der Waals surface area contributed by atoms with E-state index in [9.17, 15) is 4.79 Å². The van der Waals surface area contributed by atoms with Gasteiger partial charge in [-0.3, -0.25) is 9.69 Å². The van der Waals surface area contributed by atoms with Gasteiger partial charge >= 0.3 is 0 Å². The van der Waals surface area contributed by atoms with Crippen LogP contribution in [0.5, 0.6) is 5.75 Å². The van der Waals surface area contributed by atoms with Gasteiger partial charge in [-0.1, -0.05) is 60.7 Å². The van der Waals surface area contributed by atoms with Crippen LogP contribution in [0.2, 0.25) is 0 Å². The van der Waals surface area contributed by atoms with Crippen molar-refractivity contribution in [3.63, 3.8) is 0 Å². The number of nitrogens with two attached hydrogens (primary N) is 1. The Morgan fingerprint density at radius 2 is 1.62 bits per heavy atom. The summed E-state index contributed by atoms with van der Waals surface area (Å²) in [5.74, 6) is 0.778. The average Bonchev–Trinajstić information content (AvgIpc) is 3.22. The molecule has 0 aliphatic heterocycles. The van der Waals surface area contributed by atoms with Gasteiger partial charge in [-0.15, -0.1) is 0 Å². The molecule has 1 aromatic heterocycles. The summed E-state index contributed by atoms with van der Waals surface area (Å²) in [5.41, 5.74) is 9.89. The lowest BCUT2D eigenvalue weighted by Crippen LogP contribution is -2.33. The zero-order valence-corrected chi connectivity index (χ0v) is 18.8. The standard InChI is InChI=1S/C29H26N2O3/c30-23-10-6-9-22(17-23)27(32)20-31(19-21-7-2-1-3-8-21)15-16-33-24-13-14-26-25-11-4-5-12-28(25)34-29(26)18-24/h1-14,17-18H,15-16,19-20,30H2. The number of nitrogens with zero attached hydrogens (tertiary/aromatic N) is 1. The fourth-order valence-electron chi connectivity index (χ4n) is 4.15. The summed E-state index contributed by atoms with van der Waals surface area (Å²) in [6.07, 6.45) is 0. The molecule has 0 unspecified atom stereocenters. The molecule has 0 radical (unpaired) electrons. The van der Waals surface area contributed by atoms with Crippen LogP contribution in [0.15, 0.2) is 101 Å². The first kappa shape index (κ1) is 21.7. The number of benzene rings is 4. The Kier molecular flexibility index (Phi) is 6.27. The van der Waals surface area contributed by atoms with Gasteiger partial charge < -0.3 is 14.9 Å². The van der Waals surface area contributed by atoms with E-state index in [0.29, 0.717) is 30.9 Å². The number of para-hydroxylation sites is 1. The van der Waals surface area contributed by atoms with Crippen LogP contribution in [0.3, 0.4) is 0 Å². The highest BCUT2D eigenvalue weighted by molar-refractivity contribution is 6.05. The quantitative estimate of drug-likeness (QED) is 0.223. The Hall–Kier alpha value is -4.09. The van der Waals surface area contributed by atoms with Crippen LogP contribution in [0.1, 0.15) is 15.9 Å². The van der Waals surface area contributed by atoms with Crippen molar-refractivity contribution in [2.45, 2.75) is 6.54 Å². The first-order valence-corrected chi connectivity index (χ1v) is 11.3. The van der Waals surface area contributed by atoms with Crippen molar-refractivity contribution < 1.29 is 13.9 Å². The van der Waals surface area contributed by atoms with Crippen LogP contribution in [0.25, 0.3) is 21.9 Å². The molecule has 170 valence electrons. The first-order valence-electron chi connectivity index (χ1n) is 11.3. The van der Waals surface area contributed by atoms with E-state index in [1.54, 1.807) is 24.3 Å². The highest BCUT2D eigenvalue weighted by Crippen LogP contribution is 2.31. The van der Waals surface area contributed by atoms with Gasteiger partial charge in [0.25, 0.3) is 0 Å². The van der Waals surface area contributed by atoms with Gasteiger partial charge in [-0.2, -0.15) is 0 Å². The minimum absolute atomic E-state index is 0.0342. The fraction of sp³-hybridized carbons (Fsp3) is 0.138. The summed E-state index contributed by atoms with van der Waals surface area (Å²) in [7, 11) is 0. The van der Waals surface area contributed by atoms with Crippen molar-refractivity contribution in [2.24, 2.45) is 0 Å². The molecule has 2 N–H and O–H groups in total. The fourth-order valence-corrected chi connectivity index (χ4v) is 4.15. The van der Waals surface area contributed by atoms with Gasteiger partial charge in [0.2, 0.25) is 0 Å². The second-order valence-electron chi connectivity index (χ2n) is 8.35. The normalized spacial score (nSPS) is 11.3. The van der Waals surface area contributed by atoms with E-state index in [1.165, 1.54) is 0 Å². The van der Waals surface area contributed by atoms with Crippen molar-refractivity contribution >= 4 is 33.4 Å². The van der Waals surface area contributed by atoms with E-state index < -0.39 is 0 Å². The molecule has 0 amide bonds. The SMILES string of the molecule is Nc1cccc(C(=O)CN(CCOc2ccc3c(c2)oc2ccccc23)Cc2ccccc2)c1. The summed E-state index contributed by atoms with van der Waals surface area (Å²) in [5, 5.41) is 2.17. The van der Waals surface area contributed by atoms with Gasteiger partial charge in [0.15, 0.2) is 5.78 Å². The number of ketones is 1. The molecule has 5 nitrogen and oxygen atoms in total. The second kappa shape index (κ2) is 9.81. The Morgan fingerprint density at radius 3 is 2.47 bits per heavy atom. The number of Topliss-reactive ketones (excluding diaryl/α,β-unsaturated/α-hetero) is 1. The van der Waals surface area contributed by atoms with Crippen molar-refractivity contribution in [1.29, 1.82) is 0 Å². The molecule has 0 fully saturated rings. The van der Waals surface area contributed by atoms with E-state index in [0.717, 1.165) is 33.3 Å². The summed E-state index contributed by atoms with van der Waals surface area (Å²) < 4.78 is 12.0. The monoisotopic (exact) mass is 450 g/mol. The zero-order chi connectivity index (χ0) is 23.3. The topological polar surface area (TPSA) is 68.7 Å². The summed E-state index contributed by atoms with van der Waals surface area (Å²) in [6.45, 7) is 1.98. The van der Waals surface area contributed by atoms with E-state index >= 15 is 0 Å². The Morgan fingerprint density at radius 1 is 0.824 bits per heavy atom. The number of fused-ring (bicyclic) bond motifs is 3. The van der Waals surface area contributed by atoms with E-state index in [2.05, 4.69) is 23.1 Å². The molecule has 0 bridgehead atoms. The summed E-state index contributed by atoms with van der Waals surface area (Å²) in [6, 6.07) is 31.2. The maximum absolute atomic E-state index is 12.9. The number of hydrogen-bond acceptors (Lipinski definition) is 5. The average molecular weight is 451 g/mol. The summed E-state index contributed by atoms with van der Waals surface area (Å²) in [4.78, 5) is 15.0. The van der Waals surface area contributed by atoms with Gasteiger partial charge in [-0.25, -0.2) is 0 Å². The Labute approximate surface area is 198 Å². The molecule has 0 saturated carbocycles. The predicted octanol–water partition coefficient (Wildman–Crippen LogP) is 5.93. The van der Waals surface area contributed by atoms with Crippen LogP contribution < -0.4 is 10.5 Å². The number of anilines is 1. The number of ether oxygens (including phenoxy) is 1. The number of hydrogen-bond donors (Lipinski definition) is 1. The molecule has 0 saturated heterocycles. The van der Waals surface area contributed by atoms with E-state index in [-0.39, 0.29) is 12.3 Å². The molecule has 0 aliphatic carbocycles. The van der Waals surface area contributed by atoms with Crippen molar-refractivity contribution in [1.82, 2.24) is 4.90 Å². The number of carbonyl (C=O) groups is 1. The molecule has 5 heteroatoms. The van der Waals surface area contributed by atoms with Crippen molar-refractivity contribution in [3.8, 4) is 5.75 Å². The van der Waals surface area contributed by atoms with Crippen LogP contribution in [0, 0.1) is 0 Å². The maximum atomic E-state index is 12.9. The van der Waals surface area contributed by atoms with Crippen LogP contribution >= 0.6 is 0 Å². The molecule has 0 spiro atoms. The first-order chi connectivity index (χ1) is 16.7. The van der Waals surface area contributed by atoms with Crippen molar-refractivity contribution in [2.75, 3.05) is 25.4 Å². The third kappa shape index (κ3) is 4.95. The predicted molar refractivity (Wildman–Crippen MR) is 136 cm³/mol.